The maximum Gasteiger partial charge on any atom is 0.416 e. The normalized spacial score (nSPS) is 27.0. The molecule has 5 aliphatic rings. The van der Waals surface area contributed by atoms with E-state index in [0.717, 1.165) is 44.4 Å². The second-order valence-electron chi connectivity index (χ2n) is 13.7. The molecule has 0 saturated carbocycles. The summed E-state index contributed by atoms with van der Waals surface area (Å²) in [6.45, 7) is 2.66. The fraction of sp³-hybridized carbons (Fsp3) is 0.618. The van der Waals surface area contributed by atoms with Crippen LogP contribution >= 0.6 is 0 Å². The van der Waals surface area contributed by atoms with Gasteiger partial charge in [-0.25, -0.2) is 4.79 Å². The van der Waals surface area contributed by atoms with Gasteiger partial charge in [-0.2, -0.15) is 0 Å². The minimum absolute atomic E-state index is 0.194. The molecule has 15 nitrogen and oxygen atoms in total. The molecule has 2 fully saturated rings. The summed E-state index contributed by atoms with van der Waals surface area (Å²) in [6.07, 6.45) is 5.63. The van der Waals surface area contributed by atoms with Gasteiger partial charge in [-0.15, -0.1) is 0 Å². The number of hydrogen-bond donors (Lipinski definition) is 6. The van der Waals surface area contributed by atoms with Gasteiger partial charge in [-0.05, 0) is 88.6 Å². The highest BCUT2D eigenvalue weighted by atomic mass is 16.6. The number of guanidine groups is 1. The average Bonchev–Trinajstić information content (AvgIpc) is 3.43. The SMILES string of the molecule is COc1ccc2c3c1O[C@H]1C(OC(=O)N4CCCCC4NC(=O)[C@H](CCCNC(=N)N)NC(=O)CNC(C)=O)=CC[C@H]4[C@@H](C2)N(C)CC[C@]314. The van der Waals surface area contributed by atoms with Crippen LogP contribution in [0.4, 0.5) is 4.79 Å². The molecule has 1 spiro atoms. The van der Waals surface area contributed by atoms with Crippen LogP contribution in [0.15, 0.2) is 24.0 Å². The molecule has 15 heteroatoms. The van der Waals surface area contributed by atoms with E-state index in [9.17, 15) is 19.2 Å². The van der Waals surface area contributed by atoms with Crippen LogP contribution in [-0.4, -0.2) is 104 Å². The number of carbonyl (C=O) groups excluding carboxylic acids is 4. The molecular weight excluding hydrogens is 632 g/mol. The van der Waals surface area contributed by atoms with Crippen LogP contribution in [0, 0.1) is 11.3 Å². The number of benzene rings is 1. The molecule has 1 aromatic carbocycles. The molecule has 1 aromatic rings. The van der Waals surface area contributed by atoms with Crippen molar-refractivity contribution in [1.29, 1.82) is 5.41 Å². The topological polar surface area (TPSA) is 200 Å². The van der Waals surface area contributed by atoms with Gasteiger partial charge in [0.25, 0.3) is 0 Å². The van der Waals surface area contributed by atoms with Crippen LogP contribution in [-0.2, 0) is 31.0 Å². The predicted octanol–water partition coefficient (Wildman–Crippen LogP) is 0.807. The lowest BCUT2D eigenvalue weighted by Crippen LogP contribution is -2.63. The van der Waals surface area contributed by atoms with E-state index in [1.807, 2.05) is 12.1 Å². The zero-order chi connectivity index (χ0) is 34.9. The van der Waals surface area contributed by atoms with Crippen LogP contribution < -0.4 is 36.5 Å². The molecule has 3 aliphatic heterocycles. The summed E-state index contributed by atoms with van der Waals surface area (Å²) < 4.78 is 18.7. The monoisotopic (exact) mass is 680 g/mol. The van der Waals surface area contributed by atoms with Crippen LogP contribution in [0.25, 0.3) is 0 Å². The molecule has 4 amide bonds. The second-order valence-corrected chi connectivity index (χ2v) is 13.7. The first-order valence-corrected chi connectivity index (χ1v) is 17.2. The van der Waals surface area contributed by atoms with E-state index in [0.29, 0.717) is 49.4 Å². The van der Waals surface area contributed by atoms with E-state index in [1.165, 1.54) is 18.1 Å². The summed E-state index contributed by atoms with van der Waals surface area (Å²) >= 11 is 0. The van der Waals surface area contributed by atoms with Gasteiger partial charge in [0, 0.05) is 37.0 Å². The average molecular weight is 681 g/mol. The van der Waals surface area contributed by atoms with Gasteiger partial charge in [0.1, 0.15) is 18.0 Å². The van der Waals surface area contributed by atoms with Gasteiger partial charge in [-0.3, -0.25) is 24.7 Å². The molecule has 7 N–H and O–H groups in total. The van der Waals surface area contributed by atoms with Crippen molar-refractivity contribution in [1.82, 2.24) is 31.1 Å². The van der Waals surface area contributed by atoms with Gasteiger partial charge in [0.15, 0.2) is 23.6 Å². The minimum atomic E-state index is -0.940. The second kappa shape index (κ2) is 14.1. The minimum Gasteiger partial charge on any atom is -0.493 e. The molecule has 2 aliphatic carbocycles. The lowest BCUT2D eigenvalue weighted by atomic mass is 9.53. The van der Waals surface area contributed by atoms with E-state index < -0.39 is 36.2 Å². The predicted molar refractivity (Wildman–Crippen MR) is 179 cm³/mol. The summed E-state index contributed by atoms with van der Waals surface area (Å²) in [4.78, 5) is 55.4. The van der Waals surface area contributed by atoms with Crippen LogP contribution in [0.5, 0.6) is 11.5 Å². The zero-order valence-electron chi connectivity index (χ0n) is 28.4. The van der Waals surface area contributed by atoms with Gasteiger partial charge in [0.2, 0.25) is 17.7 Å². The molecule has 49 heavy (non-hydrogen) atoms. The van der Waals surface area contributed by atoms with Gasteiger partial charge in [-0.1, -0.05) is 6.07 Å². The van der Waals surface area contributed by atoms with Crippen molar-refractivity contribution in [2.45, 2.75) is 88.1 Å². The number of likely N-dealkylation sites (N-methyl/N-ethyl adjacent to an activating group) is 1. The molecular formula is C34H48N8O7. The largest absolute Gasteiger partial charge is 0.493 e. The first-order chi connectivity index (χ1) is 23.5. The Morgan fingerprint density at radius 1 is 1.18 bits per heavy atom. The summed E-state index contributed by atoms with van der Waals surface area (Å²) in [5.74, 6) is 0.684. The quantitative estimate of drug-likeness (QED) is 0.110. The molecule has 1 unspecified atom stereocenters. The van der Waals surface area contributed by atoms with Crippen molar-refractivity contribution in [3.63, 3.8) is 0 Å². The van der Waals surface area contributed by atoms with Gasteiger partial charge < -0.3 is 46.1 Å². The fourth-order valence-electron chi connectivity index (χ4n) is 8.54. The van der Waals surface area contributed by atoms with Crippen molar-refractivity contribution in [3.05, 3.63) is 35.1 Å². The maximum atomic E-state index is 14.0. The van der Waals surface area contributed by atoms with E-state index in [-0.39, 0.29) is 30.2 Å². The first kappa shape index (κ1) is 34.3. The number of nitrogens with zero attached hydrogens (tertiary/aromatic N) is 2. The summed E-state index contributed by atoms with van der Waals surface area (Å²) in [5, 5.41) is 18.1. The molecule has 0 radical (unpaired) electrons. The maximum absolute atomic E-state index is 14.0. The molecule has 6 rings (SSSR count). The number of carbonyl (C=O) groups is 4. The number of nitrogens with one attached hydrogen (secondary N) is 5. The number of nitrogens with two attached hydrogens (primary N) is 1. The first-order valence-electron chi connectivity index (χ1n) is 17.2. The van der Waals surface area contributed by atoms with E-state index in [4.69, 9.17) is 25.4 Å². The Morgan fingerprint density at radius 2 is 2.00 bits per heavy atom. The number of piperidine rings is 2. The third-order valence-electron chi connectivity index (χ3n) is 10.8. The molecule has 0 aromatic heterocycles. The van der Waals surface area contributed by atoms with Crippen molar-refractivity contribution < 1.29 is 33.4 Å². The highest BCUT2D eigenvalue weighted by Gasteiger charge is 2.65. The Balaban J connectivity index is 1.17. The van der Waals surface area contributed by atoms with E-state index in [2.05, 4.69) is 39.3 Å². The number of rotatable bonds is 11. The standard InChI is InChI=1S/C34H48N8O7/c1-19(43)38-18-27(44)39-22(7-6-14-37-32(35)36)31(45)40-26-8-4-5-15-42(26)33(46)48-25-12-10-21-23-17-20-9-11-24(47-3)29-28(20)34(21,30(25)49-29)13-16-41(23)2/h9,11-12,21-23,26,30H,4-8,10,13-18H2,1-3H3,(H,38,43)(H,39,44)(H,40,45)(H4,35,36,37)/t21-,22-,23+,26?,30-,34-/m0/s1. The molecule has 2 bridgehead atoms. The zero-order valence-corrected chi connectivity index (χ0v) is 28.4. The highest BCUT2D eigenvalue weighted by molar-refractivity contribution is 5.90. The number of hydrogen-bond acceptors (Lipinski definition) is 9. The molecule has 6 atom stereocenters. The van der Waals surface area contributed by atoms with E-state index in [1.54, 1.807) is 12.0 Å². The lowest BCUT2D eigenvalue weighted by molar-refractivity contribution is -0.130. The number of likely N-dealkylation sites (tertiary alicyclic amines) is 2. The number of amides is 4. The van der Waals surface area contributed by atoms with E-state index >= 15 is 0 Å². The Bertz CT molecular complexity index is 1530. The lowest BCUT2D eigenvalue weighted by Gasteiger charge is -2.56. The molecule has 266 valence electrons. The Labute approximate surface area is 286 Å². The summed E-state index contributed by atoms with van der Waals surface area (Å²) in [7, 11) is 3.83. The Morgan fingerprint density at radius 3 is 2.76 bits per heavy atom. The fourth-order valence-corrected chi connectivity index (χ4v) is 8.54. The summed E-state index contributed by atoms with van der Waals surface area (Å²) in [6, 6.07) is 3.52. The number of ether oxygens (including phenoxy) is 3. The Hall–Kier alpha value is -4.53. The van der Waals surface area contributed by atoms with Gasteiger partial charge in [0.05, 0.1) is 13.7 Å². The van der Waals surface area contributed by atoms with Crippen molar-refractivity contribution >= 4 is 29.8 Å². The van der Waals surface area contributed by atoms with Crippen LogP contribution in [0.1, 0.15) is 63.0 Å². The third kappa shape index (κ3) is 6.59. The van der Waals surface area contributed by atoms with Crippen LogP contribution in [0.2, 0.25) is 0 Å². The van der Waals surface area contributed by atoms with Crippen molar-refractivity contribution in [2.24, 2.45) is 11.7 Å². The number of methoxy groups -OCH3 is 1. The van der Waals surface area contributed by atoms with Crippen molar-refractivity contribution in [2.75, 3.05) is 40.3 Å². The smallest absolute Gasteiger partial charge is 0.416 e. The summed E-state index contributed by atoms with van der Waals surface area (Å²) in [5.41, 5.74) is 7.50. The van der Waals surface area contributed by atoms with Gasteiger partial charge >= 0.3 is 6.09 Å². The third-order valence-corrected chi connectivity index (χ3v) is 10.8. The molecule has 2 saturated heterocycles. The number of allylic oxidation sites excluding steroid dienone is 1. The van der Waals surface area contributed by atoms with Crippen LogP contribution in [0.3, 0.4) is 0 Å². The molecule has 3 heterocycles. The highest BCUT2D eigenvalue weighted by Crippen LogP contribution is 2.63. The Kier molecular flexibility index (Phi) is 9.91. The van der Waals surface area contributed by atoms with Crippen molar-refractivity contribution in [3.8, 4) is 11.5 Å².